The number of thiocarbonyl (C=S) groups is 1. The number of cyclic esters (lactones) is 1. The number of carbonyl (C=O) groups is 3. The van der Waals surface area contributed by atoms with Crippen molar-refractivity contribution in [2.24, 2.45) is 0 Å². The highest BCUT2D eigenvalue weighted by molar-refractivity contribution is 7.80. The van der Waals surface area contributed by atoms with Gasteiger partial charge in [0.25, 0.3) is 5.17 Å². The number of methoxy groups -OCH3 is 1. The van der Waals surface area contributed by atoms with Crippen molar-refractivity contribution >= 4 is 47.0 Å². The Labute approximate surface area is 204 Å². The number of anilines is 2. The van der Waals surface area contributed by atoms with E-state index in [-0.39, 0.29) is 62.5 Å². The fourth-order valence-corrected chi connectivity index (χ4v) is 3.55. The van der Waals surface area contributed by atoms with Crippen molar-refractivity contribution in [3.05, 3.63) is 23.8 Å². The van der Waals surface area contributed by atoms with Gasteiger partial charge in [0, 0.05) is 25.2 Å². The largest absolute Gasteiger partial charge is 0.474 e. The molecule has 0 saturated carbocycles. The maximum absolute atomic E-state index is 15.0. The van der Waals surface area contributed by atoms with Gasteiger partial charge >= 0.3 is 18.2 Å². The lowest BCUT2D eigenvalue weighted by molar-refractivity contribution is -0.104. The Hall–Kier alpha value is -3.46. The number of hydrogen-bond acceptors (Lipinski definition) is 9. The van der Waals surface area contributed by atoms with Crippen LogP contribution < -0.4 is 20.4 Å². The van der Waals surface area contributed by atoms with Crippen LogP contribution in [0.5, 0.6) is 0 Å². The van der Waals surface area contributed by atoms with Crippen LogP contribution in [0.4, 0.5) is 34.5 Å². The van der Waals surface area contributed by atoms with Crippen LogP contribution in [0.1, 0.15) is 6.92 Å². The summed E-state index contributed by atoms with van der Waals surface area (Å²) in [5.74, 6) is -1.81. The van der Waals surface area contributed by atoms with Crippen molar-refractivity contribution in [1.82, 2.24) is 15.7 Å². The highest BCUT2D eigenvalue weighted by Gasteiger charge is 2.34. The molecule has 2 N–H and O–H groups in total. The van der Waals surface area contributed by atoms with E-state index in [2.05, 4.69) is 10.1 Å². The van der Waals surface area contributed by atoms with Gasteiger partial charge in [0.05, 0.1) is 45.6 Å². The summed E-state index contributed by atoms with van der Waals surface area (Å²) in [6, 6.07) is 1.21. The Bertz CT molecular complexity index is 962. The second-order valence-electron chi connectivity index (χ2n) is 7.32. The Morgan fingerprint density at radius 2 is 1.94 bits per heavy atom. The van der Waals surface area contributed by atoms with Gasteiger partial charge in [-0.05, 0) is 19.1 Å². The highest BCUT2D eigenvalue weighted by Crippen LogP contribution is 2.31. The minimum absolute atomic E-state index is 0.00733. The first-order chi connectivity index (χ1) is 16.7. The molecule has 2 saturated heterocycles. The first kappa shape index (κ1) is 26.2. The summed E-state index contributed by atoms with van der Waals surface area (Å²) in [5, 5.41) is 5.75. The number of rotatable bonds is 5. The summed E-state index contributed by atoms with van der Waals surface area (Å²) >= 11 is 4.87. The molecular formula is C20H25F2N5O7S. The molecule has 2 aliphatic heterocycles. The van der Waals surface area contributed by atoms with Gasteiger partial charge in [0.1, 0.15) is 11.8 Å². The maximum atomic E-state index is 15.0. The lowest BCUT2D eigenvalue weighted by atomic mass is 10.2. The zero-order valence-corrected chi connectivity index (χ0v) is 19.9. The number of amides is 4. The number of nitrogens with one attached hydrogen (secondary N) is 2. The van der Waals surface area contributed by atoms with Crippen LogP contribution in [0, 0.1) is 11.6 Å². The minimum atomic E-state index is -0.935. The van der Waals surface area contributed by atoms with Gasteiger partial charge < -0.3 is 24.4 Å². The molecule has 12 nitrogen and oxygen atoms in total. The standard InChI is InChI=1S/C20H25F2N5O7S/c1-3-32-18(29)24-17(28)27-5-4-25(6-7-33-27)16-14(21)8-12(9-15(16)22)26-11-13(34-20(26)30)10-23-19(35)31-2/h8-9,13H,3-7,10-11H2,1-2H3,(H,23,35)(H,24,28,29)/t13-/m0/s1. The van der Waals surface area contributed by atoms with Crippen LogP contribution in [-0.4, -0.2) is 87.6 Å². The van der Waals surface area contributed by atoms with Gasteiger partial charge in [-0.2, -0.15) is 0 Å². The van der Waals surface area contributed by atoms with Gasteiger partial charge in [0.15, 0.2) is 11.6 Å². The summed E-state index contributed by atoms with van der Waals surface area (Å²) in [7, 11) is 1.39. The number of imide groups is 1. The smallest absolute Gasteiger partial charge is 0.415 e. The molecule has 0 aliphatic carbocycles. The Morgan fingerprint density at radius 3 is 2.60 bits per heavy atom. The SMILES string of the molecule is CCOC(=O)NC(=O)N1CCN(c2c(F)cc(N3C[C@H](CNC(=S)OC)OC3=O)cc2F)CCO1. The van der Waals surface area contributed by atoms with E-state index in [1.807, 2.05) is 5.32 Å². The van der Waals surface area contributed by atoms with E-state index in [4.69, 9.17) is 26.5 Å². The molecule has 1 aromatic carbocycles. The molecule has 1 atom stereocenters. The van der Waals surface area contributed by atoms with Crippen LogP contribution in [0.25, 0.3) is 0 Å². The first-order valence-electron chi connectivity index (χ1n) is 10.7. The molecule has 0 unspecified atom stereocenters. The summed E-state index contributed by atoms with van der Waals surface area (Å²) in [4.78, 5) is 43.5. The van der Waals surface area contributed by atoms with Crippen molar-refractivity contribution in [2.45, 2.75) is 13.0 Å². The molecule has 4 amide bonds. The third-order valence-electron chi connectivity index (χ3n) is 5.06. The molecule has 2 aliphatic rings. The van der Waals surface area contributed by atoms with Gasteiger partial charge in [0.2, 0.25) is 0 Å². The summed E-state index contributed by atoms with van der Waals surface area (Å²) in [6.07, 6.45) is -2.29. The predicted octanol–water partition coefficient (Wildman–Crippen LogP) is 1.73. The molecule has 0 radical (unpaired) electrons. The molecule has 0 bridgehead atoms. The quantitative estimate of drug-likeness (QED) is 0.559. The lowest BCUT2D eigenvalue weighted by Gasteiger charge is -2.24. The summed E-state index contributed by atoms with van der Waals surface area (Å²) < 4.78 is 44.7. The lowest BCUT2D eigenvalue weighted by Crippen LogP contribution is -2.44. The van der Waals surface area contributed by atoms with E-state index < -0.39 is 36.0 Å². The van der Waals surface area contributed by atoms with Crippen molar-refractivity contribution in [2.75, 3.05) is 62.8 Å². The molecular weight excluding hydrogens is 492 g/mol. The Balaban J connectivity index is 1.66. The second-order valence-corrected chi connectivity index (χ2v) is 7.69. The first-order valence-corrected chi connectivity index (χ1v) is 11.1. The summed E-state index contributed by atoms with van der Waals surface area (Å²) in [6.45, 7) is 1.81. The number of hydrogen-bond donors (Lipinski definition) is 2. The predicted molar refractivity (Wildman–Crippen MR) is 122 cm³/mol. The number of carbonyl (C=O) groups excluding carboxylic acids is 3. The van der Waals surface area contributed by atoms with Crippen LogP contribution >= 0.6 is 12.2 Å². The van der Waals surface area contributed by atoms with Gasteiger partial charge in [-0.15, -0.1) is 0 Å². The normalized spacial score (nSPS) is 18.0. The molecule has 15 heteroatoms. The topological polar surface area (TPSA) is 122 Å². The molecule has 0 spiro atoms. The molecule has 0 aromatic heterocycles. The fraction of sp³-hybridized carbons (Fsp3) is 0.500. The Kier molecular flexibility index (Phi) is 8.81. The fourth-order valence-electron chi connectivity index (χ4n) is 3.47. The van der Waals surface area contributed by atoms with E-state index >= 15 is 8.78 Å². The molecule has 1 aromatic rings. The van der Waals surface area contributed by atoms with Crippen molar-refractivity contribution in [3.8, 4) is 0 Å². The third-order valence-corrected chi connectivity index (χ3v) is 5.37. The Morgan fingerprint density at radius 1 is 1.23 bits per heavy atom. The molecule has 3 rings (SSSR count). The number of ether oxygens (including phenoxy) is 3. The van der Waals surface area contributed by atoms with Crippen molar-refractivity contribution in [1.29, 1.82) is 0 Å². The average Bonchev–Trinajstić information content (AvgIpc) is 3.01. The second kappa shape index (κ2) is 11.8. The van der Waals surface area contributed by atoms with Crippen LogP contribution in [-0.2, 0) is 19.0 Å². The van der Waals surface area contributed by atoms with Crippen LogP contribution in [0.2, 0.25) is 0 Å². The molecule has 2 heterocycles. The van der Waals surface area contributed by atoms with Gasteiger partial charge in [-0.1, -0.05) is 0 Å². The number of alkyl carbamates (subject to hydrolysis) is 1. The summed E-state index contributed by atoms with van der Waals surface area (Å²) in [5.41, 5.74) is -0.340. The van der Waals surface area contributed by atoms with E-state index in [0.29, 0.717) is 0 Å². The van der Waals surface area contributed by atoms with Gasteiger partial charge in [-0.25, -0.2) is 33.5 Å². The number of hydroxylamine groups is 2. The maximum Gasteiger partial charge on any atom is 0.415 e. The van der Waals surface area contributed by atoms with Crippen LogP contribution in [0.3, 0.4) is 0 Å². The van der Waals surface area contributed by atoms with E-state index in [9.17, 15) is 14.4 Å². The zero-order chi connectivity index (χ0) is 25.5. The number of halogens is 2. The minimum Gasteiger partial charge on any atom is -0.474 e. The molecule has 192 valence electrons. The number of benzene rings is 1. The molecule has 35 heavy (non-hydrogen) atoms. The monoisotopic (exact) mass is 517 g/mol. The van der Waals surface area contributed by atoms with Crippen molar-refractivity contribution in [3.63, 3.8) is 0 Å². The van der Waals surface area contributed by atoms with Crippen LogP contribution in [0.15, 0.2) is 12.1 Å². The third kappa shape index (κ3) is 6.57. The van der Waals surface area contributed by atoms with E-state index in [1.165, 1.54) is 12.0 Å². The highest BCUT2D eigenvalue weighted by atomic mass is 32.1. The average molecular weight is 518 g/mol. The zero-order valence-electron chi connectivity index (χ0n) is 19.0. The van der Waals surface area contributed by atoms with E-state index in [0.717, 1.165) is 22.1 Å². The number of urea groups is 1. The van der Waals surface area contributed by atoms with Gasteiger partial charge in [-0.3, -0.25) is 9.74 Å². The molecule has 2 fully saturated rings. The van der Waals surface area contributed by atoms with Crippen molar-refractivity contribution < 1.29 is 42.2 Å². The van der Waals surface area contributed by atoms with E-state index in [1.54, 1.807) is 6.92 Å². The number of nitrogens with zero attached hydrogens (tertiary/aromatic N) is 3.